The van der Waals surface area contributed by atoms with Crippen LogP contribution in [0, 0.1) is 5.92 Å². The third-order valence-electron chi connectivity index (χ3n) is 4.37. The fourth-order valence-corrected chi connectivity index (χ4v) is 3.48. The predicted molar refractivity (Wildman–Crippen MR) is 73.9 cm³/mol. The SMILES string of the molecule is CC1Cc2ccccc2N1C(CN)C1CCOC1. The van der Waals surface area contributed by atoms with Crippen molar-refractivity contribution in [1.29, 1.82) is 0 Å². The molecule has 98 valence electrons. The molecule has 0 aliphatic carbocycles. The number of hydrogen-bond acceptors (Lipinski definition) is 3. The zero-order valence-electron chi connectivity index (χ0n) is 11.0. The summed E-state index contributed by atoms with van der Waals surface area (Å²) in [5.41, 5.74) is 8.90. The van der Waals surface area contributed by atoms with Gasteiger partial charge in [0.2, 0.25) is 0 Å². The Bertz CT molecular complexity index is 415. The molecule has 3 atom stereocenters. The molecule has 2 aliphatic rings. The van der Waals surface area contributed by atoms with E-state index in [1.165, 1.54) is 11.3 Å². The van der Waals surface area contributed by atoms with Crippen molar-refractivity contribution in [3.05, 3.63) is 29.8 Å². The number of anilines is 1. The second kappa shape index (κ2) is 4.90. The van der Waals surface area contributed by atoms with Gasteiger partial charge in [0.05, 0.1) is 6.61 Å². The molecule has 18 heavy (non-hydrogen) atoms. The predicted octanol–water partition coefficient (Wildman–Crippen LogP) is 1.80. The molecule has 1 aromatic carbocycles. The van der Waals surface area contributed by atoms with E-state index in [1.807, 2.05) is 0 Å². The number of nitrogens with zero attached hydrogens (tertiary/aromatic N) is 1. The smallest absolute Gasteiger partial charge is 0.0515 e. The van der Waals surface area contributed by atoms with Gasteiger partial charge >= 0.3 is 0 Å². The van der Waals surface area contributed by atoms with Crippen molar-refractivity contribution >= 4 is 5.69 Å². The lowest BCUT2D eigenvalue weighted by molar-refractivity contribution is 0.179. The molecule has 0 saturated carbocycles. The summed E-state index contributed by atoms with van der Waals surface area (Å²) in [6.45, 7) is 4.78. The fourth-order valence-electron chi connectivity index (χ4n) is 3.48. The highest BCUT2D eigenvalue weighted by Crippen LogP contribution is 2.36. The van der Waals surface area contributed by atoms with Gasteiger partial charge in [-0.05, 0) is 31.4 Å². The maximum absolute atomic E-state index is 6.05. The van der Waals surface area contributed by atoms with Crippen LogP contribution < -0.4 is 10.6 Å². The van der Waals surface area contributed by atoms with Gasteiger partial charge in [-0.25, -0.2) is 0 Å². The molecule has 3 unspecified atom stereocenters. The van der Waals surface area contributed by atoms with Crippen molar-refractivity contribution in [2.75, 3.05) is 24.7 Å². The normalized spacial score (nSPS) is 28.4. The highest BCUT2D eigenvalue weighted by molar-refractivity contribution is 5.60. The standard InChI is InChI=1S/C15H22N2O/c1-11-8-12-4-2-3-5-14(12)17(11)15(9-16)13-6-7-18-10-13/h2-5,11,13,15H,6-10,16H2,1H3. The molecule has 2 N–H and O–H groups in total. The highest BCUT2D eigenvalue weighted by atomic mass is 16.5. The van der Waals surface area contributed by atoms with Crippen LogP contribution in [-0.4, -0.2) is 31.8 Å². The summed E-state index contributed by atoms with van der Waals surface area (Å²) in [5, 5.41) is 0. The molecule has 1 fully saturated rings. The van der Waals surface area contributed by atoms with Crippen LogP contribution in [0.3, 0.4) is 0 Å². The molecule has 1 saturated heterocycles. The summed E-state index contributed by atoms with van der Waals surface area (Å²) >= 11 is 0. The third-order valence-corrected chi connectivity index (χ3v) is 4.37. The Labute approximate surface area is 109 Å². The minimum Gasteiger partial charge on any atom is -0.381 e. The lowest BCUT2D eigenvalue weighted by Crippen LogP contribution is -2.48. The van der Waals surface area contributed by atoms with Gasteiger partial charge in [0.1, 0.15) is 0 Å². The van der Waals surface area contributed by atoms with E-state index in [1.54, 1.807) is 0 Å². The molecule has 0 aromatic heterocycles. The van der Waals surface area contributed by atoms with Gasteiger partial charge in [-0.1, -0.05) is 18.2 Å². The first kappa shape index (κ1) is 12.0. The topological polar surface area (TPSA) is 38.5 Å². The van der Waals surface area contributed by atoms with Crippen molar-refractivity contribution < 1.29 is 4.74 Å². The summed E-state index contributed by atoms with van der Waals surface area (Å²) in [5.74, 6) is 0.587. The number of fused-ring (bicyclic) bond motifs is 1. The van der Waals surface area contributed by atoms with E-state index in [2.05, 4.69) is 36.1 Å². The average molecular weight is 246 g/mol. The Balaban J connectivity index is 1.89. The summed E-state index contributed by atoms with van der Waals surface area (Å²) in [6, 6.07) is 9.71. The Hall–Kier alpha value is -1.06. The molecule has 3 heteroatoms. The van der Waals surface area contributed by atoms with E-state index in [4.69, 9.17) is 10.5 Å². The van der Waals surface area contributed by atoms with Gasteiger partial charge in [0.25, 0.3) is 0 Å². The van der Waals surface area contributed by atoms with Crippen molar-refractivity contribution in [3.63, 3.8) is 0 Å². The van der Waals surface area contributed by atoms with Gasteiger partial charge in [-0.2, -0.15) is 0 Å². The van der Waals surface area contributed by atoms with Crippen molar-refractivity contribution in [2.45, 2.75) is 31.8 Å². The molecule has 2 aliphatic heterocycles. The summed E-state index contributed by atoms with van der Waals surface area (Å²) in [4.78, 5) is 2.54. The quantitative estimate of drug-likeness (QED) is 0.884. The minimum absolute atomic E-state index is 0.422. The summed E-state index contributed by atoms with van der Waals surface area (Å²) < 4.78 is 5.54. The molecule has 0 bridgehead atoms. The van der Waals surface area contributed by atoms with Gasteiger partial charge in [0, 0.05) is 36.8 Å². The number of ether oxygens (including phenoxy) is 1. The lowest BCUT2D eigenvalue weighted by Gasteiger charge is -2.36. The van der Waals surface area contributed by atoms with Crippen LogP contribution in [0.15, 0.2) is 24.3 Å². The molecule has 2 heterocycles. The maximum atomic E-state index is 6.05. The van der Waals surface area contributed by atoms with Crippen LogP contribution in [0.25, 0.3) is 0 Å². The minimum atomic E-state index is 0.422. The van der Waals surface area contributed by atoms with Gasteiger partial charge < -0.3 is 15.4 Å². The maximum Gasteiger partial charge on any atom is 0.0515 e. The third kappa shape index (κ3) is 1.91. The Morgan fingerprint density at radius 2 is 2.28 bits per heavy atom. The first-order valence-electron chi connectivity index (χ1n) is 6.95. The van der Waals surface area contributed by atoms with Crippen LogP contribution in [0.1, 0.15) is 18.9 Å². The Morgan fingerprint density at radius 3 is 3.00 bits per heavy atom. The second-order valence-corrected chi connectivity index (χ2v) is 5.52. The lowest BCUT2D eigenvalue weighted by atomic mass is 9.96. The highest BCUT2D eigenvalue weighted by Gasteiger charge is 2.36. The van der Waals surface area contributed by atoms with E-state index in [9.17, 15) is 0 Å². The number of para-hydroxylation sites is 1. The van der Waals surface area contributed by atoms with E-state index in [-0.39, 0.29) is 0 Å². The zero-order chi connectivity index (χ0) is 12.5. The van der Waals surface area contributed by atoms with E-state index < -0.39 is 0 Å². The van der Waals surface area contributed by atoms with E-state index in [0.717, 1.165) is 26.1 Å². The second-order valence-electron chi connectivity index (χ2n) is 5.52. The molecular formula is C15H22N2O. The number of hydrogen-bond donors (Lipinski definition) is 1. The van der Waals surface area contributed by atoms with E-state index in [0.29, 0.717) is 24.5 Å². The van der Waals surface area contributed by atoms with Crippen molar-refractivity contribution in [2.24, 2.45) is 11.7 Å². The first-order valence-corrected chi connectivity index (χ1v) is 6.95. The van der Waals surface area contributed by atoms with Crippen LogP contribution in [0.4, 0.5) is 5.69 Å². The molecule has 0 spiro atoms. The number of nitrogens with two attached hydrogens (primary N) is 1. The Kier molecular flexibility index (Phi) is 3.27. The van der Waals surface area contributed by atoms with Gasteiger partial charge in [-0.15, -0.1) is 0 Å². The van der Waals surface area contributed by atoms with E-state index >= 15 is 0 Å². The number of rotatable bonds is 3. The average Bonchev–Trinajstić information content (AvgIpc) is 2.99. The van der Waals surface area contributed by atoms with Crippen LogP contribution in [-0.2, 0) is 11.2 Å². The number of benzene rings is 1. The van der Waals surface area contributed by atoms with Crippen molar-refractivity contribution in [3.8, 4) is 0 Å². The summed E-state index contributed by atoms with van der Waals surface area (Å²) in [6.07, 6.45) is 2.29. The van der Waals surface area contributed by atoms with Crippen LogP contribution >= 0.6 is 0 Å². The molecule has 3 rings (SSSR count). The van der Waals surface area contributed by atoms with Gasteiger partial charge in [0.15, 0.2) is 0 Å². The molecular weight excluding hydrogens is 224 g/mol. The zero-order valence-corrected chi connectivity index (χ0v) is 11.0. The Morgan fingerprint density at radius 1 is 1.44 bits per heavy atom. The van der Waals surface area contributed by atoms with Gasteiger partial charge in [-0.3, -0.25) is 0 Å². The molecule has 0 radical (unpaired) electrons. The first-order chi connectivity index (χ1) is 8.81. The van der Waals surface area contributed by atoms with Crippen LogP contribution in [0.2, 0.25) is 0 Å². The molecule has 3 nitrogen and oxygen atoms in total. The summed E-state index contributed by atoms with van der Waals surface area (Å²) in [7, 11) is 0. The fraction of sp³-hybridized carbons (Fsp3) is 0.600. The largest absolute Gasteiger partial charge is 0.381 e. The monoisotopic (exact) mass is 246 g/mol. The van der Waals surface area contributed by atoms with Crippen molar-refractivity contribution in [1.82, 2.24) is 0 Å². The molecule has 0 amide bonds. The molecule has 1 aromatic rings. The van der Waals surface area contributed by atoms with Crippen LogP contribution in [0.5, 0.6) is 0 Å².